The van der Waals surface area contributed by atoms with Crippen LogP contribution < -0.4 is 19.7 Å². The smallest absolute Gasteiger partial charge is 0.264 e. The highest BCUT2D eigenvalue weighted by Crippen LogP contribution is 2.27. The van der Waals surface area contributed by atoms with Gasteiger partial charge in [-0.3, -0.25) is 13.9 Å². The van der Waals surface area contributed by atoms with Gasteiger partial charge in [-0.05, 0) is 67.6 Å². The Labute approximate surface area is 219 Å². The molecule has 10 heteroatoms. The summed E-state index contributed by atoms with van der Waals surface area (Å²) in [4.78, 5) is 25.6. The van der Waals surface area contributed by atoms with Gasteiger partial charge in [-0.2, -0.15) is 0 Å². The fraction of sp³-hybridized carbons (Fsp3) is 0.154. The number of nitrogens with one attached hydrogen (secondary N) is 2. The van der Waals surface area contributed by atoms with Gasteiger partial charge in [0.25, 0.3) is 15.9 Å². The molecule has 3 aromatic carbocycles. The van der Waals surface area contributed by atoms with Crippen molar-refractivity contribution in [1.29, 1.82) is 0 Å². The van der Waals surface area contributed by atoms with Gasteiger partial charge in [0.15, 0.2) is 0 Å². The number of ether oxygens (including phenoxy) is 1. The molecule has 0 aliphatic rings. The lowest BCUT2D eigenvalue weighted by molar-refractivity contribution is -0.114. The van der Waals surface area contributed by atoms with Crippen molar-refractivity contribution in [2.24, 2.45) is 0 Å². The number of hydrogen-bond donors (Lipinski definition) is 2. The number of halogens is 1. The number of rotatable bonds is 11. The van der Waals surface area contributed by atoms with Crippen LogP contribution in [0.25, 0.3) is 0 Å². The topological polar surface area (TPSA) is 105 Å². The van der Waals surface area contributed by atoms with E-state index in [0.717, 1.165) is 8.78 Å². The van der Waals surface area contributed by atoms with Crippen LogP contribution in [0.1, 0.15) is 17.3 Å². The molecule has 3 rings (SSSR count). The van der Waals surface area contributed by atoms with Crippen LogP contribution in [0.3, 0.4) is 0 Å². The Balaban J connectivity index is 1.92. The van der Waals surface area contributed by atoms with Gasteiger partial charge in [-0.25, -0.2) is 8.42 Å². The highest BCUT2D eigenvalue weighted by molar-refractivity contribution is 9.10. The summed E-state index contributed by atoms with van der Waals surface area (Å²) in [6.45, 7) is 5.62. The molecule has 0 unspecified atom stereocenters. The lowest BCUT2D eigenvalue weighted by atomic mass is 10.1. The molecule has 0 aromatic heterocycles. The first-order valence-electron chi connectivity index (χ1n) is 11.1. The molecule has 0 heterocycles. The molecule has 2 N–H and O–H groups in total. The SMILES string of the molecule is C=CCNC(=O)c1ccccc1NC(=O)CN(c1ccc(OCC)cc1)S(=O)(=O)c1ccc(Br)cc1. The molecular formula is C26H26BrN3O5S. The average molecular weight is 572 g/mol. The number of para-hydroxylation sites is 1. The first-order valence-corrected chi connectivity index (χ1v) is 13.3. The highest BCUT2D eigenvalue weighted by Gasteiger charge is 2.28. The lowest BCUT2D eigenvalue weighted by Crippen LogP contribution is -2.38. The molecule has 0 fully saturated rings. The molecule has 36 heavy (non-hydrogen) atoms. The molecule has 0 aliphatic carbocycles. The fourth-order valence-electron chi connectivity index (χ4n) is 3.29. The molecule has 0 atom stereocenters. The van der Waals surface area contributed by atoms with Gasteiger partial charge < -0.3 is 15.4 Å². The van der Waals surface area contributed by atoms with Crippen molar-refractivity contribution in [3.63, 3.8) is 0 Å². The Bertz CT molecular complexity index is 1330. The Morgan fingerprint density at radius 2 is 1.69 bits per heavy atom. The quantitative estimate of drug-likeness (QED) is 0.327. The number of anilines is 2. The predicted octanol–water partition coefficient (Wildman–Crippen LogP) is 4.60. The van der Waals surface area contributed by atoms with Crippen LogP contribution in [0.5, 0.6) is 5.75 Å². The van der Waals surface area contributed by atoms with Crippen molar-refractivity contribution in [1.82, 2.24) is 5.32 Å². The third-order valence-corrected chi connectivity index (χ3v) is 7.29. The predicted molar refractivity (Wildman–Crippen MR) is 144 cm³/mol. The lowest BCUT2D eigenvalue weighted by Gasteiger charge is -2.24. The van der Waals surface area contributed by atoms with E-state index in [-0.39, 0.29) is 28.4 Å². The fourth-order valence-corrected chi connectivity index (χ4v) is 4.98. The van der Waals surface area contributed by atoms with Gasteiger partial charge in [-0.1, -0.05) is 34.1 Å². The number of carbonyl (C=O) groups excluding carboxylic acids is 2. The van der Waals surface area contributed by atoms with E-state index in [9.17, 15) is 18.0 Å². The van der Waals surface area contributed by atoms with E-state index in [2.05, 4.69) is 33.1 Å². The van der Waals surface area contributed by atoms with Crippen LogP contribution >= 0.6 is 15.9 Å². The molecule has 0 bridgehead atoms. The monoisotopic (exact) mass is 571 g/mol. The van der Waals surface area contributed by atoms with E-state index in [1.165, 1.54) is 12.1 Å². The highest BCUT2D eigenvalue weighted by atomic mass is 79.9. The molecule has 0 spiro atoms. The van der Waals surface area contributed by atoms with Crippen molar-refractivity contribution < 1.29 is 22.7 Å². The van der Waals surface area contributed by atoms with Gasteiger partial charge >= 0.3 is 0 Å². The van der Waals surface area contributed by atoms with Gasteiger partial charge in [0.2, 0.25) is 5.91 Å². The van der Waals surface area contributed by atoms with Crippen LogP contribution in [0.4, 0.5) is 11.4 Å². The number of benzene rings is 3. The maximum absolute atomic E-state index is 13.6. The molecule has 0 radical (unpaired) electrons. The second kappa shape index (κ2) is 12.4. The minimum atomic E-state index is -4.10. The van der Waals surface area contributed by atoms with Gasteiger partial charge in [0, 0.05) is 11.0 Å². The number of amides is 2. The van der Waals surface area contributed by atoms with E-state index in [4.69, 9.17) is 4.74 Å². The van der Waals surface area contributed by atoms with Gasteiger partial charge in [0.05, 0.1) is 28.4 Å². The van der Waals surface area contributed by atoms with Gasteiger partial charge in [-0.15, -0.1) is 6.58 Å². The van der Waals surface area contributed by atoms with Crippen LogP contribution in [0.15, 0.2) is 94.8 Å². The molecule has 0 saturated carbocycles. The van der Waals surface area contributed by atoms with Crippen molar-refractivity contribution >= 4 is 49.1 Å². The Morgan fingerprint density at radius 3 is 2.33 bits per heavy atom. The van der Waals surface area contributed by atoms with Crippen molar-refractivity contribution in [3.05, 3.63) is 95.5 Å². The second-order valence-electron chi connectivity index (χ2n) is 7.48. The number of carbonyl (C=O) groups is 2. The van der Waals surface area contributed by atoms with E-state index in [1.807, 2.05) is 6.92 Å². The minimum Gasteiger partial charge on any atom is -0.494 e. The summed E-state index contributed by atoms with van der Waals surface area (Å²) in [5, 5.41) is 5.33. The molecule has 3 aromatic rings. The summed E-state index contributed by atoms with van der Waals surface area (Å²) < 4.78 is 34.3. The summed E-state index contributed by atoms with van der Waals surface area (Å²) in [5.41, 5.74) is 0.793. The van der Waals surface area contributed by atoms with E-state index in [1.54, 1.807) is 66.7 Å². The van der Waals surface area contributed by atoms with E-state index >= 15 is 0 Å². The zero-order valence-electron chi connectivity index (χ0n) is 19.6. The molecular weight excluding hydrogens is 546 g/mol. The molecule has 188 valence electrons. The molecule has 0 saturated heterocycles. The van der Waals surface area contributed by atoms with Crippen LogP contribution in [0.2, 0.25) is 0 Å². The largest absolute Gasteiger partial charge is 0.494 e. The number of sulfonamides is 1. The third kappa shape index (κ3) is 6.73. The Morgan fingerprint density at radius 1 is 1.03 bits per heavy atom. The maximum Gasteiger partial charge on any atom is 0.264 e. The minimum absolute atomic E-state index is 0.0246. The zero-order chi connectivity index (χ0) is 26.1. The number of nitrogens with zero attached hydrogens (tertiary/aromatic N) is 1. The van der Waals surface area contributed by atoms with E-state index in [0.29, 0.717) is 12.4 Å². The zero-order valence-corrected chi connectivity index (χ0v) is 22.0. The second-order valence-corrected chi connectivity index (χ2v) is 10.3. The van der Waals surface area contributed by atoms with Crippen molar-refractivity contribution in [3.8, 4) is 5.75 Å². The first kappa shape index (κ1) is 27.0. The van der Waals surface area contributed by atoms with Crippen molar-refractivity contribution in [2.45, 2.75) is 11.8 Å². The van der Waals surface area contributed by atoms with Gasteiger partial charge in [0.1, 0.15) is 12.3 Å². The normalized spacial score (nSPS) is 10.8. The summed E-state index contributed by atoms with van der Waals surface area (Å²) in [6, 6.07) is 19.0. The summed E-state index contributed by atoms with van der Waals surface area (Å²) >= 11 is 3.30. The maximum atomic E-state index is 13.6. The number of hydrogen-bond acceptors (Lipinski definition) is 5. The van der Waals surface area contributed by atoms with Crippen molar-refractivity contribution in [2.75, 3.05) is 29.3 Å². The standard InChI is InChI=1S/C26H26BrN3O5S/c1-3-17-28-26(32)23-7-5-6-8-24(23)29-25(31)18-30(20-11-13-21(14-12-20)35-4-2)36(33,34)22-15-9-19(27)10-16-22/h3,5-16H,1,4,17-18H2,2H3,(H,28,32)(H,29,31). The summed E-state index contributed by atoms with van der Waals surface area (Å²) in [5.74, 6) is -0.434. The Hall–Kier alpha value is -3.63. The van der Waals surface area contributed by atoms with E-state index < -0.39 is 28.4 Å². The Kier molecular flexibility index (Phi) is 9.26. The van der Waals surface area contributed by atoms with Crippen LogP contribution in [-0.2, 0) is 14.8 Å². The molecule has 0 aliphatic heterocycles. The first-order chi connectivity index (χ1) is 17.3. The van der Waals surface area contributed by atoms with Crippen LogP contribution in [0, 0.1) is 0 Å². The third-order valence-electron chi connectivity index (χ3n) is 4.98. The molecule has 2 amide bonds. The van der Waals surface area contributed by atoms with Crippen LogP contribution in [-0.4, -0.2) is 39.9 Å². The molecule has 8 nitrogen and oxygen atoms in total. The summed E-state index contributed by atoms with van der Waals surface area (Å²) in [7, 11) is -4.10. The summed E-state index contributed by atoms with van der Waals surface area (Å²) in [6.07, 6.45) is 1.54. The average Bonchev–Trinajstić information content (AvgIpc) is 2.87.